The van der Waals surface area contributed by atoms with Crippen molar-refractivity contribution in [2.24, 2.45) is 0 Å². The fourth-order valence-corrected chi connectivity index (χ4v) is 3.38. The molecule has 0 fully saturated rings. The standard InChI is InChI=1S/C22H30N2O3/c1-5-10-15(4)23-20(25)14-27-22(26)21-16(7-3)18(11-6-2)24-19-13-9-8-12-17(19)21/h8-9,12-13,15H,5-7,10-11,14H2,1-4H3,(H,23,25)/t15-/m0/s1. The monoisotopic (exact) mass is 370 g/mol. The van der Waals surface area contributed by atoms with Crippen molar-refractivity contribution in [3.8, 4) is 0 Å². The molecular formula is C22H30N2O3. The van der Waals surface area contributed by atoms with Crippen LogP contribution in [0.3, 0.4) is 0 Å². The van der Waals surface area contributed by atoms with Crippen molar-refractivity contribution < 1.29 is 14.3 Å². The molecule has 1 aromatic carbocycles. The molecule has 27 heavy (non-hydrogen) atoms. The van der Waals surface area contributed by atoms with Gasteiger partial charge in [0.1, 0.15) is 0 Å². The largest absolute Gasteiger partial charge is 0.452 e. The average Bonchev–Trinajstić information content (AvgIpc) is 2.65. The van der Waals surface area contributed by atoms with E-state index in [1.165, 1.54) is 0 Å². The zero-order chi connectivity index (χ0) is 19.8. The fourth-order valence-electron chi connectivity index (χ4n) is 3.38. The van der Waals surface area contributed by atoms with Crippen molar-refractivity contribution in [1.82, 2.24) is 10.3 Å². The summed E-state index contributed by atoms with van der Waals surface area (Å²) in [7, 11) is 0. The van der Waals surface area contributed by atoms with Crippen LogP contribution in [-0.4, -0.2) is 29.5 Å². The Labute approximate surface area is 161 Å². The van der Waals surface area contributed by atoms with Gasteiger partial charge in [0.05, 0.1) is 11.1 Å². The maximum absolute atomic E-state index is 12.9. The van der Waals surface area contributed by atoms with Gasteiger partial charge < -0.3 is 10.1 Å². The first-order valence-corrected chi connectivity index (χ1v) is 9.88. The van der Waals surface area contributed by atoms with Crippen molar-refractivity contribution in [3.05, 3.63) is 41.1 Å². The number of amides is 1. The smallest absolute Gasteiger partial charge is 0.339 e. The topological polar surface area (TPSA) is 68.3 Å². The van der Waals surface area contributed by atoms with Crippen LogP contribution in [0.4, 0.5) is 0 Å². The van der Waals surface area contributed by atoms with Gasteiger partial charge in [-0.25, -0.2) is 4.79 Å². The quantitative estimate of drug-likeness (QED) is 0.671. The van der Waals surface area contributed by atoms with Gasteiger partial charge in [-0.2, -0.15) is 0 Å². The molecule has 0 unspecified atom stereocenters. The zero-order valence-corrected chi connectivity index (χ0v) is 16.8. The number of nitrogens with zero attached hydrogens (tertiary/aromatic N) is 1. The molecule has 0 aliphatic heterocycles. The number of carbonyl (C=O) groups excluding carboxylic acids is 2. The number of aryl methyl sites for hydroxylation is 1. The van der Waals surface area contributed by atoms with Crippen LogP contribution in [0.15, 0.2) is 24.3 Å². The van der Waals surface area contributed by atoms with Crippen molar-refractivity contribution in [1.29, 1.82) is 0 Å². The first-order valence-electron chi connectivity index (χ1n) is 9.88. The molecule has 1 N–H and O–H groups in total. The maximum Gasteiger partial charge on any atom is 0.339 e. The van der Waals surface area contributed by atoms with E-state index in [1.807, 2.05) is 38.1 Å². The first kappa shape index (κ1) is 20.9. The molecule has 1 aromatic heterocycles. The van der Waals surface area contributed by atoms with Crippen molar-refractivity contribution in [3.63, 3.8) is 0 Å². The van der Waals surface area contributed by atoms with E-state index < -0.39 is 5.97 Å². The van der Waals surface area contributed by atoms with Gasteiger partial charge in [-0.05, 0) is 37.8 Å². The second-order valence-corrected chi connectivity index (χ2v) is 6.87. The average molecular weight is 370 g/mol. The van der Waals surface area contributed by atoms with Gasteiger partial charge in [0.15, 0.2) is 6.61 Å². The normalized spacial score (nSPS) is 12.0. The minimum atomic E-state index is -0.457. The Kier molecular flexibility index (Phi) is 7.77. The molecule has 2 rings (SSSR count). The van der Waals surface area contributed by atoms with E-state index in [9.17, 15) is 9.59 Å². The minimum Gasteiger partial charge on any atom is -0.452 e. The summed E-state index contributed by atoms with van der Waals surface area (Å²) >= 11 is 0. The summed E-state index contributed by atoms with van der Waals surface area (Å²) in [6, 6.07) is 7.67. The highest BCUT2D eigenvalue weighted by molar-refractivity contribution is 6.05. The minimum absolute atomic E-state index is 0.0744. The number of fused-ring (bicyclic) bond motifs is 1. The SMILES string of the molecule is CCCc1nc2ccccc2c(C(=O)OCC(=O)N[C@@H](C)CCC)c1CC. The molecule has 1 amide bonds. The fraction of sp³-hybridized carbons (Fsp3) is 0.500. The van der Waals surface area contributed by atoms with Crippen molar-refractivity contribution >= 4 is 22.8 Å². The number of para-hydroxylation sites is 1. The van der Waals surface area contributed by atoms with Gasteiger partial charge in [0.2, 0.25) is 0 Å². The van der Waals surface area contributed by atoms with Gasteiger partial charge in [-0.1, -0.05) is 51.8 Å². The van der Waals surface area contributed by atoms with E-state index in [0.29, 0.717) is 12.0 Å². The highest BCUT2D eigenvalue weighted by Crippen LogP contribution is 2.26. The first-order chi connectivity index (χ1) is 13.0. The molecule has 0 aliphatic rings. The lowest BCUT2D eigenvalue weighted by molar-refractivity contribution is -0.124. The lowest BCUT2D eigenvalue weighted by Gasteiger charge is -2.16. The predicted molar refractivity (Wildman–Crippen MR) is 108 cm³/mol. The van der Waals surface area contributed by atoms with Gasteiger partial charge in [-0.15, -0.1) is 0 Å². The Morgan fingerprint density at radius 1 is 1.15 bits per heavy atom. The lowest BCUT2D eigenvalue weighted by Crippen LogP contribution is -2.35. The summed E-state index contributed by atoms with van der Waals surface area (Å²) < 4.78 is 5.37. The molecule has 0 saturated heterocycles. The number of esters is 1. The molecule has 0 saturated carbocycles. The van der Waals surface area contributed by atoms with E-state index in [4.69, 9.17) is 9.72 Å². The van der Waals surface area contributed by atoms with E-state index >= 15 is 0 Å². The van der Waals surface area contributed by atoms with Crippen LogP contribution >= 0.6 is 0 Å². The molecule has 1 heterocycles. The van der Waals surface area contributed by atoms with Crippen molar-refractivity contribution in [2.45, 2.75) is 65.8 Å². The van der Waals surface area contributed by atoms with Gasteiger partial charge in [0, 0.05) is 17.1 Å². The molecular weight excluding hydrogens is 340 g/mol. The highest BCUT2D eigenvalue weighted by Gasteiger charge is 2.21. The summed E-state index contributed by atoms with van der Waals surface area (Å²) in [5.41, 5.74) is 3.18. The van der Waals surface area contributed by atoms with E-state index in [2.05, 4.69) is 19.2 Å². The molecule has 146 valence electrons. The van der Waals surface area contributed by atoms with Crippen LogP contribution in [0.25, 0.3) is 10.9 Å². The lowest BCUT2D eigenvalue weighted by atomic mass is 9.96. The molecule has 0 aliphatic carbocycles. The summed E-state index contributed by atoms with van der Waals surface area (Å²) in [5, 5.41) is 3.63. The van der Waals surface area contributed by atoms with Crippen LogP contribution in [-0.2, 0) is 22.4 Å². The number of pyridine rings is 1. The summed E-state index contributed by atoms with van der Waals surface area (Å²) in [5.74, 6) is -0.726. The Balaban J connectivity index is 2.27. The molecule has 0 bridgehead atoms. The third-order valence-corrected chi connectivity index (χ3v) is 4.59. The second kappa shape index (κ2) is 10.0. The number of aromatic nitrogens is 1. The Bertz CT molecular complexity index is 801. The summed E-state index contributed by atoms with van der Waals surface area (Å²) in [6.07, 6.45) is 4.34. The number of nitrogens with one attached hydrogen (secondary N) is 1. The maximum atomic E-state index is 12.9. The molecule has 5 heteroatoms. The Morgan fingerprint density at radius 2 is 1.89 bits per heavy atom. The van der Waals surface area contributed by atoms with E-state index in [-0.39, 0.29) is 18.6 Å². The third-order valence-electron chi connectivity index (χ3n) is 4.59. The van der Waals surface area contributed by atoms with Crippen LogP contribution < -0.4 is 5.32 Å². The number of carbonyl (C=O) groups is 2. The third kappa shape index (κ3) is 5.28. The molecule has 0 radical (unpaired) electrons. The highest BCUT2D eigenvalue weighted by atomic mass is 16.5. The number of hydrogen-bond donors (Lipinski definition) is 1. The van der Waals surface area contributed by atoms with Crippen molar-refractivity contribution in [2.75, 3.05) is 6.61 Å². The number of ether oxygens (including phenoxy) is 1. The van der Waals surface area contributed by atoms with E-state index in [0.717, 1.165) is 47.8 Å². The van der Waals surface area contributed by atoms with Crippen LogP contribution in [0.2, 0.25) is 0 Å². The Hall–Kier alpha value is -2.43. The molecule has 2 aromatic rings. The van der Waals surface area contributed by atoms with Crippen LogP contribution in [0.5, 0.6) is 0 Å². The summed E-state index contributed by atoms with van der Waals surface area (Å²) in [4.78, 5) is 29.7. The van der Waals surface area contributed by atoms with Gasteiger partial charge in [-0.3, -0.25) is 9.78 Å². The zero-order valence-electron chi connectivity index (χ0n) is 16.8. The molecule has 0 spiro atoms. The second-order valence-electron chi connectivity index (χ2n) is 6.87. The van der Waals surface area contributed by atoms with Crippen LogP contribution in [0, 0.1) is 0 Å². The summed E-state index contributed by atoms with van der Waals surface area (Å²) in [6.45, 7) is 7.86. The Morgan fingerprint density at radius 3 is 2.56 bits per heavy atom. The number of hydrogen-bond acceptors (Lipinski definition) is 4. The molecule has 5 nitrogen and oxygen atoms in total. The van der Waals surface area contributed by atoms with Crippen LogP contribution in [0.1, 0.15) is 68.6 Å². The van der Waals surface area contributed by atoms with Gasteiger partial charge >= 0.3 is 5.97 Å². The number of rotatable bonds is 9. The molecule has 1 atom stereocenters. The van der Waals surface area contributed by atoms with Gasteiger partial charge in [0.25, 0.3) is 5.91 Å². The number of benzene rings is 1. The van der Waals surface area contributed by atoms with E-state index in [1.54, 1.807) is 0 Å². The predicted octanol–water partition coefficient (Wildman–Crippen LogP) is 4.21.